The maximum Gasteiger partial charge on any atom is 0.102 e. The van der Waals surface area contributed by atoms with E-state index in [1.165, 1.54) is 5.56 Å². The number of nitrogens with one attached hydrogen (secondary N) is 1. The molecular formula is C14H16N6. The molecule has 6 heteroatoms. The maximum atomic E-state index is 4.05. The fourth-order valence-electron chi connectivity index (χ4n) is 2.04. The minimum Gasteiger partial charge on any atom is -0.379 e. The van der Waals surface area contributed by atoms with Gasteiger partial charge in [-0.25, -0.2) is 4.98 Å². The van der Waals surface area contributed by atoms with E-state index < -0.39 is 0 Å². The number of nitrogens with zero attached hydrogens (tertiary/aromatic N) is 5. The first-order valence-electron chi connectivity index (χ1n) is 6.43. The van der Waals surface area contributed by atoms with Crippen LogP contribution in [-0.4, -0.2) is 24.5 Å². The maximum absolute atomic E-state index is 4.05. The summed E-state index contributed by atoms with van der Waals surface area (Å²) < 4.78 is 3.74. The highest BCUT2D eigenvalue weighted by molar-refractivity contribution is 5.45. The third-order valence-electron chi connectivity index (χ3n) is 2.98. The van der Waals surface area contributed by atoms with Crippen LogP contribution in [0.1, 0.15) is 11.3 Å². The van der Waals surface area contributed by atoms with Crippen molar-refractivity contribution in [2.75, 3.05) is 5.32 Å². The van der Waals surface area contributed by atoms with Gasteiger partial charge in [0.05, 0.1) is 12.9 Å². The van der Waals surface area contributed by atoms with Crippen LogP contribution in [0.3, 0.4) is 0 Å². The number of hydrogen-bond donors (Lipinski definition) is 1. The number of anilines is 1. The Bertz CT molecular complexity index is 671. The molecule has 0 atom stereocenters. The van der Waals surface area contributed by atoms with Crippen LogP contribution in [0.4, 0.5) is 5.69 Å². The van der Waals surface area contributed by atoms with Crippen LogP contribution in [0.2, 0.25) is 0 Å². The molecule has 0 unspecified atom stereocenters. The van der Waals surface area contributed by atoms with Gasteiger partial charge in [-0.2, -0.15) is 0 Å². The van der Waals surface area contributed by atoms with Crippen molar-refractivity contribution in [2.24, 2.45) is 7.05 Å². The molecule has 1 N–H and O–H groups in total. The average Bonchev–Trinajstić information content (AvgIpc) is 3.09. The highest BCUT2D eigenvalue weighted by Crippen LogP contribution is 2.12. The number of imidazole rings is 1. The van der Waals surface area contributed by atoms with Crippen molar-refractivity contribution < 1.29 is 0 Å². The van der Waals surface area contributed by atoms with Gasteiger partial charge in [-0.1, -0.05) is 17.3 Å². The van der Waals surface area contributed by atoms with Gasteiger partial charge in [-0.3, -0.25) is 4.68 Å². The summed E-state index contributed by atoms with van der Waals surface area (Å²) in [5.74, 6) is 0. The summed E-state index contributed by atoms with van der Waals surface area (Å²) in [6, 6.07) is 8.34. The van der Waals surface area contributed by atoms with Crippen molar-refractivity contribution in [3.63, 3.8) is 0 Å². The molecule has 0 aliphatic heterocycles. The fourth-order valence-corrected chi connectivity index (χ4v) is 2.04. The molecule has 0 fully saturated rings. The largest absolute Gasteiger partial charge is 0.379 e. The summed E-state index contributed by atoms with van der Waals surface area (Å²) >= 11 is 0. The first-order valence-corrected chi connectivity index (χ1v) is 6.43. The third kappa shape index (κ3) is 3.03. The minimum atomic E-state index is 0.669. The zero-order valence-corrected chi connectivity index (χ0v) is 11.3. The van der Waals surface area contributed by atoms with E-state index in [2.05, 4.69) is 32.7 Å². The van der Waals surface area contributed by atoms with Crippen LogP contribution in [0.25, 0.3) is 0 Å². The van der Waals surface area contributed by atoms with Crippen LogP contribution in [0, 0.1) is 0 Å². The quantitative estimate of drug-likeness (QED) is 0.764. The third-order valence-corrected chi connectivity index (χ3v) is 2.98. The molecule has 1 aromatic carbocycles. The number of aromatic nitrogens is 5. The van der Waals surface area contributed by atoms with Gasteiger partial charge in [0.25, 0.3) is 0 Å². The van der Waals surface area contributed by atoms with E-state index in [0.29, 0.717) is 6.54 Å². The van der Waals surface area contributed by atoms with Crippen LogP contribution >= 0.6 is 0 Å². The van der Waals surface area contributed by atoms with Crippen molar-refractivity contribution in [1.82, 2.24) is 24.5 Å². The molecule has 2 aromatic heterocycles. The molecule has 0 radical (unpaired) electrons. The Morgan fingerprint density at radius 1 is 1.30 bits per heavy atom. The van der Waals surface area contributed by atoms with Crippen LogP contribution in [0.5, 0.6) is 0 Å². The van der Waals surface area contributed by atoms with E-state index >= 15 is 0 Å². The summed E-state index contributed by atoms with van der Waals surface area (Å²) in [5, 5.41) is 11.3. The highest BCUT2D eigenvalue weighted by atomic mass is 15.4. The predicted octanol–water partition coefficient (Wildman–Crippen LogP) is 1.67. The van der Waals surface area contributed by atoms with Crippen LogP contribution in [0.15, 0.2) is 49.2 Å². The average molecular weight is 268 g/mol. The number of hydrogen-bond acceptors (Lipinski definition) is 4. The molecule has 0 amide bonds. The SMILES string of the molecule is Cn1cc(CNc2cccc(Cn3ccnc3)c2)nn1. The molecule has 102 valence electrons. The second-order valence-electron chi connectivity index (χ2n) is 4.67. The standard InChI is InChI=1S/C14H16N6/c1-19-10-14(17-18-19)8-16-13-4-2-3-12(7-13)9-20-6-5-15-11-20/h2-7,10-11,16H,8-9H2,1H3. The molecule has 0 saturated carbocycles. The first-order chi connectivity index (χ1) is 9.79. The Hall–Kier alpha value is -2.63. The molecule has 0 bridgehead atoms. The fraction of sp³-hybridized carbons (Fsp3) is 0.214. The highest BCUT2D eigenvalue weighted by Gasteiger charge is 2.00. The monoisotopic (exact) mass is 268 g/mol. The van der Waals surface area contributed by atoms with Gasteiger partial charge in [0, 0.05) is 37.9 Å². The summed E-state index contributed by atoms with van der Waals surface area (Å²) in [4.78, 5) is 4.05. The van der Waals surface area contributed by atoms with Crippen molar-refractivity contribution in [1.29, 1.82) is 0 Å². The van der Waals surface area contributed by atoms with Gasteiger partial charge >= 0.3 is 0 Å². The number of benzene rings is 1. The second-order valence-corrected chi connectivity index (χ2v) is 4.67. The van der Waals surface area contributed by atoms with E-state index in [-0.39, 0.29) is 0 Å². The van der Waals surface area contributed by atoms with Gasteiger partial charge in [0.15, 0.2) is 0 Å². The first kappa shape index (κ1) is 12.4. The second kappa shape index (κ2) is 5.56. The van der Waals surface area contributed by atoms with Gasteiger partial charge in [0.1, 0.15) is 5.69 Å². The molecule has 6 nitrogen and oxygen atoms in total. The Kier molecular flexibility index (Phi) is 3.45. The molecule has 0 spiro atoms. The van der Waals surface area contributed by atoms with Crippen molar-refractivity contribution in [2.45, 2.75) is 13.1 Å². The molecule has 0 aliphatic carbocycles. The predicted molar refractivity (Wildman–Crippen MR) is 76.1 cm³/mol. The normalized spacial score (nSPS) is 10.7. The zero-order chi connectivity index (χ0) is 13.8. The Morgan fingerprint density at radius 2 is 2.25 bits per heavy atom. The van der Waals surface area contributed by atoms with E-state index in [1.54, 1.807) is 10.9 Å². The summed E-state index contributed by atoms with van der Waals surface area (Å²) in [6.45, 7) is 1.49. The zero-order valence-electron chi connectivity index (χ0n) is 11.3. The Morgan fingerprint density at radius 3 is 3.00 bits per heavy atom. The topological polar surface area (TPSA) is 60.6 Å². The van der Waals surface area contributed by atoms with E-state index in [1.807, 2.05) is 42.5 Å². The summed E-state index contributed by atoms with van der Waals surface area (Å²) in [5.41, 5.74) is 3.23. The van der Waals surface area contributed by atoms with Crippen molar-refractivity contribution >= 4 is 5.69 Å². The van der Waals surface area contributed by atoms with Gasteiger partial charge in [0.2, 0.25) is 0 Å². The molecule has 20 heavy (non-hydrogen) atoms. The summed E-state index contributed by atoms with van der Waals surface area (Å²) in [7, 11) is 1.86. The molecule has 0 saturated heterocycles. The molecule has 3 rings (SSSR count). The van der Waals surface area contributed by atoms with Crippen molar-refractivity contribution in [3.05, 3.63) is 60.4 Å². The Labute approximate surface area is 117 Å². The summed E-state index contributed by atoms with van der Waals surface area (Å²) in [6.07, 6.45) is 7.47. The minimum absolute atomic E-state index is 0.669. The lowest BCUT2D eigenvalue weighted by Gasteiger charge is -2.07. The van der Waals surface area contributed by atoms with Crippen LogP contribution in [-0.2, 0) is 20.1 Å². The molecule has 3 aromatic rings. The number of aryl methyl sites for hydroxylation is 1. The number of rotatable bonds is 5. The van der Waals surface area contributed by atoms with Crippen molar-refractivity contribution in [3.8, 4) is 0 Å². The lowest BCUT2D eigenvalue weighted by Crippen LogP contribution is -2.01. The molecular weight excluding hydrogens is 252 g/mol. The van der Waals surface area contributed by atoms with E-state index in [9.17, 15) is 0 Å². The van der Waals surface area contributed by atoms with Gasteiger partial charge in [-0.15, -0.1) is 5.10 Å². The lowest BCUT2D eigenvalue weighted by molar-refractivity contribution is 0.713. The lowest BCUT2D eigenvalue weighted by atomic mass is 10.2. The van der Waals surface area contributed by atoms with Gasteiger partial charge < -0.3 is 9.88 Å². The molecule has 0 aliphatic rings. The van der Waals surface area contributed by atoms with E-state index in [0.717, 1.165) is 17.9 Å². The molecule has 2 heterocycles. The Balaban J connectivity index is 1.65. The van der Waals surface area contributed by atoms with Gasteiger partial charge in [-0.05, 0) is 17.7 Å². The smallest absolute Gasteiger partial charge is 0.102 e. The van der Waals surface area contributed by atoms with Crippen LogP contribution < -0.4 is 5.32 Å². The van der Waals surface area contributed by atoms with E-state index in [4.69, 9.17) is 0 Å².